The van der Waals surface area contributed by atoms with E-state index >= 15 is 0 Å². The van der Waals surface area contributed by atoms with Crippen molar-refractivity contribution in [3.05, 3.63) is 40.5 Å². The number of benzene rings is 1. The van der Waals surface area contributed by atoms with Gasteiger partial charge in [-0.25, -0.2) is 4.21 Å². The van der Waals surface area contributed by atoms with E-state index in [4.69, 9.17) is 11.6 Å². The number of ether oxygens (including phenoxy) is 1. The third kappa shape index (κ3) is 4.89. The summed E-state index contributed by atoms with van der Waals surface area (Å²) in [5.74, 6) is -0.832. The quantitative estimate of drug-likeness (QED) is 0.668. The van der Waals surface area contributed by atoms with E-state index in [0.717, 1.165) is 5.41 Å². The molecule has 0 radical (unpaired) electrons. The molecule has 0 saturated heterocycles. The number of hydrogen-bond acceptors (Lipinski definition) is 4. The summed E-state index contributed by atoms with van der Waals surface area (Å²) in [6.45, 7) is 1.91. The molecule has 0 aliphatic carbocycles. The number of halogens is 1. The molecule has 18 heavy (non-hydrogen) atoms. The number of esters is 1. The van der Waals surface area contributed by atoms with Crippen LogP contribution in [0.3, 0.4) is 0 Å². The van der Waals surface area contributed by atoms with Crippen molar-refractivity contribution in [1.29, 1.82) is 0 Å². The van der Waals surface area contributed by atoms with Gasteiger partial charge in [0.2, 0.25) is 0 Å². The van der Waals surface area contributed by atoms with E-state index in [1.807, 2.05) is 0 Å². The zero-order valence-electron chi connectivity index (χ0n) is 9.76. The molecule has 4 nitrogen and oxygen atoms in total. The van der Waals surface area contributed by atoms with E-state index in [9.17, 15) is 14.1 Å². The van der Waals surface area contributed by atoms with Crippen molar-refractivity contribution in [2.45, 2.75) is 18.2 Å². The van der Waals surface area contributed by atoms with Crippen LogP contribution in [0.15, 0.2) is 40.3 Å². The van der Waals surface area contributed by atoms with Gasteiger partial charge in [0.1, 0.15) is 12.2 Å². The molecule has 1 aromatic rings. The Morgan fingerprint density at radius 3 is 2.61 bits per heavy atom. The van der Waals surface area contributed by atoms with Crippen LogP contribution in [-0.4, -0.2) is 21.9 Å². The number of hydrogen-bond donors (Lipinski definition) is 1. The fourth-order valence-electron chi connectivity index (χ4n) is 1.16. The van der Waals surface area contributed by atoms with Crippen LogP contribution in [0.4, 0.5) is 0 Å². The van der Waals surface area contributed by atoms with Crippen LogP contribution in [0.5, 0.6) is 0 Å². The van der Waals surface area contributed by atoms with Crippen LogP contribution >= 0.6 is 11.6 Å². The van der Waals surface area contributed by atoms with Gasteiger partial charge in [-0.3, -0.25) is 4.79 Å². The molecule has 0 heterocycles. The Morgan fingerprint density at radius 2 is 2.06 bits per heavy atom. The maximum absolute atomic E-state index is 11.8. The van der Waals surface area contributed by atoms with Crippen molar-refractivity contribution in [1.82, 2.24) is 0 Å². The van der Waals surface area contributed by atoms with Crippen molar-refractivity contribution in [3.63, 3.8) is 0 Å². The molecular formula is C12H13ClO4S. The van der Waals surface area contributed by atoms with Gasteiger partial charge < -0.3 is 9.84 Å². The van der Waals surface area contributed by atoms with E-state index < -0.39 is 16.8 Å². The predicted molar refractivity (Wildman–Crippen MR) is 69.8 cm³/mol. The van der Waals surface area contributed by atoms with Crippen molar-refractivity contribution in [2.75, 3.05) is 6.61 Å². The van der Waals surface area contributed by atoms with Crippen molar-refractivity contribution < 1.29 is 18.8 Å². The fourth-order valence-corrected chi connectivity index (χ4v) is 2.16. The molecule has 0 aliphatic heterocycles. The summed E-state index contributed by atoms with van der Waals surface area (Å²) in [4.78, 5) is 11.6. The number of carbonyl (C=O) groups is 1. The van der Waals surface area contributed by atoms with Crippen molar-refractivity contribution >= 4 is 28.4 Å². The molecule has 0 amide bonds. The minimum Gasteiger partial charge on any atom is -0.511 e. The molecule has 1 rings (SSSR count). The summed E-state index contributed by atoms with van der Waals surface area (Å²) < 4.78 is 16.4. The molecule has 0 bridgehead atoms. The van der Waals surface area contributed by atoms with Gasteiger partial charge in [-0.2, -0.15) is 0 Å². The molecule has 1 atom stereocenters. The first-order chi connectivity index (χ1) is 8.52. The Morgan fingerprint density at radius 1 is 1.44 bits per heavy atom. The predicted octanol–water partition coefficient (Wildman–Crippen LogP) is 2.80. The Labute approximate surface area is 113 Å². The third-order valence-corrected chi connectivity index (χ3v) is 3.39. The summed E-state index contributed by atoms with van der Waals surface area (Å²) >= 11 is 5.70. The summed E-state index contributed by atoms with van der Waals surface area (Å²) in [7, 11) is -1.52. The first-order valence-corrected chi connectivity index (χ1v) is 6.83. The van der Waals surface area contributed by atoms with Crippen LogP contribution in [0.2, 0.25) is 5.02 Å². The Kier molecular flexibility index (Phi) is 5.88. The topological polar surface area (TPSA) is 63.6 Å². The Hall–Kier alpha value is -1.33. The Balaban J connectivity index is 2.67. The van der Waals surface area contributed by atoms with E-state index in [1.54, 1.807) is 31.2 Å². The number of carbonyl (C=O) groups excluding carboxylic acids is 1. The minimum absolute atomic E-state index is 0.242. The standard InChI is InChI=1S/C12H13ClO4S/c1-2-17-12(15)7-10(14)8-18(16)11-5-3-9(13)4-6-11/h3-6,8,14H,2,7H2,1H3/b10-8-. The zero-order valence-corrected chi connectivity index (χ0v) is 11.3. The number of aliphatic hydroxyl groups is 1. The molecule has 1 aromatic carbocycles. The second kappa shape index (κ2) is 7.18. The van der Waals surface area contributed by atoms with Gasteiger partial charge in [-0.1, -0.05) is 11.6 Å². The minimum atomic E-state index is -1.52. The van der Waals surface area contributed by atoms with Crippen molar-refractivity contribution in [3.8, 4) is 0 Å². The summed E-state index contributed by atoms with van der Waals surface area (Å²) in [5.41, 5.74) is 0. The summed E-state index contributed by atoms with van der Waals surface area (Å²) in [6, 6.07) is 6.38. The molecule has 0 saturated carbocycles. The van der Waals surface area contributed by atoms with Gasteiger partial charge in [0.15, 0.2) is 0 Å². The molecule has 0 fully saturated rings. The monoisotopic (exact) mass is 288 g/mol. The Bertz CT molecular complexity index is 467. The third-order valence-electron chi connectivity index (χ3n) is 1.92. The maximum Gasteiger partial charge on any atom is 0.313 e. The van der Waals surface area contributed by atoms with Crippen LogP contribution < -0.4 is 0 Å². The first-order valence-electron chi connectivity index (χ1n) is 5.24. The lowest BCUT2D eigenvalue weighted by molar-refractivity contribution is -0.142. The summed E-state index contributed by atoms with van der Waals surface area (Å²) in [5, 5.41) is 11.1. The SMILES string of the molecule is CCOC(=O)C/C(O)=C/S(=O)c1ccc(Cl)cc1. The highest BCUT2D eigenvalue weighted by molar-refractivity contribution is 7.88. The van der Waals surface area contributed by atoms with Crippen LogP contribution in [0, 0.1) is 0 Å². The lowest BCUT2D eigenvalue weighted by Crippen LogP contribution is -2.05. The van der Waals surface area contributed by atoms with Gasteiger partial charge >= 0.3 is 5.97 Å². The highest BCUT2D eigenvalue weighted by atomic mass is 35.5. The average molecular weight is 289 g/mol. The second-order valence-electron chi connectivity index (χ2n) is 3.34. The fraction of sp³-hybridized carbons (Fsp3) is 0.250. The van der Waals surface area contributed by atoms with Gasteiger partial charge in [0.25, 0.3) is 0 Å². The summed E-state index contributed by atoms with van der Waals surface area (Å²) in [6.07, 6.45) is -0.285. The van der Waals surface area contributed by atoms with Crippen molar-refractivity contribution in [2.24, 2.45) is 0 Å². The lowest BCUT2D eigenvalue weighted by atomic mass is 10.4. The highest BCUT2D eigenvalue weighted by Crippen LogP contribution is 2.14. The van der Waals surface area contributed by atoms with Crippen LogP contribution in [0.25, 0.3) is 0 Å². The van der Waals surface area contributed by atoms with E-state index in [2.05, 4.69) is 4.74 Å². The van der Waals surface area contributed by atoms with Crippen LogP contribution in [0.1, 0.15) is 13.3 Å². The average Bonchev–Trinajstić information content (AvgIpc) is 2.29. The van der Waals surface area contributed by atoms with Gasteiger partial charge in [0.05, 0.1) is 17.4 Å². The molecule has 6 heteroatoms. The molecule has 98 valence electrons. The van der Waals surface area contributed by atoms with Gasteiger partial charge in [-0.15, -0.1) is 0 Å². The first kappa shape index (κ1) is 14.7. The molecular weight excluding hydrogens is 276 g/mol. The number of aliphatic hydroxyl groups excluding tert-OH is 1. The molecule has 0 aliphatic rings. The largest absolute Gasteiger partial charge is 0.511 e. The van der Waals surface area contributed by atoms with Gasteiger partial charge in [0, 0.05) is 15.3 Å². The molecule has 0 aromatic heterocycles. The maximum atomic E-state index is 11.8. The van der Waals surface area contributed by atoms with Gasteiger partial charge in [-0.05, 0) is 31.2 Å². The lowest BCUT2D eigenvalue weighted by Gasteiger charge is -2.01. The van der Waals surface area contributed by atoms with E-state index in [0.29, 0.717) is 9.92 Å². The highest BCUT2D eigenvalue weighted by Gasteiger charge is 2.08. The smallest absolute Gasteiger partial charge is 0.313 e. The molecule has 1 N–H and O–H groups in total. The van der Waals surface area contributed by atoms with Crippen LogP contribution in [-0.2, 0) is 20.3 Å². The normalized spacial score (nSPS) is 13.1. The van der Waals surface area contributed by atoms with E-state index in [1.165, 1.54) is 0 Å². The molecule has 0 spiro atoms. The number of rotatable bonds is 5. The molecule has 1 unspecified atom stereocenters. The van der Waals surface area contributed by atoms with E-state index in [-0.39, 0.29) is 18.8 Å². The second-order valence-corrected chi connectivity index (χ2v) is 5.08. The zero-order chi connectivity index (χ0) is 13.5.